The second-order valence-corrected chi connectivity index (χ2v) is 4.69. The SMILES string of the molecule is CCNC(CC)c1nnc(CC(C)(C)OC)o1. The van der Waals surface area contributed by atoms with Gasteiger partial charge in [0.05, 0.1) is 18.1 Å². The van der Waals surface area contributed by atoms with E-state index in [1.54, 1.807) is 7.11 Å². The van der Waals surface area contributed by atoms with E-state index in [1.165, 1.54) is 0 Å². The van der Waals surface area contributed by atoms with E-state index in [0.29, 0.717) is 18.2 Å². The van der Waals surface area contributed by atoms with Crippen LogP contribution in [-0.4, -0.2) is 29.5 Å². The number of hydrogen-bond donors (Lipinski definition) is 1. The van der Waals surface area contributed by atoms with E-state index >= 15 is 0 Å². The number of ether oxygens (including phenoxy) is 1. The van der Waals surface area contributed by atoms with Crippen molar-refractivity contribution in [2.75, 3.05) is 13.7 Å². The van der Waals surface area contributed by atoms with Gasteiger partial charge in [-0.1, -0.05) is 13.8 Å². The van der Waals surface area contributed by atoms with Gasteiger partial charge in [-0.05, 0) is 26.8 Å². The highest BCUT2D eigenvalue weighted by Gasteiger charge is 2.22. The van der Waals surface area contributed by atoms with Crippen molar-refractivity contribution in [1.29, 1.82) is 0 Å². The molecule has 1 rings (SSSR count). The second kappa shape index (κ2) is 6.12. The molecule has 1 atom stereocenters. The van der Waals surface area contributed by atoms with Crippen molar-refractivity contribution in [2.24, 2.45) is 0 Å². The molecule has 0 aliphatic heterocycles. The predicted octanol–water partition coefficient (Wildman–Crippen LogP) is 2.10. The minimum Gasteiger partial charge on any atom is -0.423 e. The lowest BCUT2D eigenvalue weighted by Crippen LogP contribution is -2.25. The molecule has 0 radical (unpaired) electrons. The molecule has 1 N–H and O–H groups in total. The van der Waals surface area contributed by atoms with Gasteiger partial charge in [0.25, 0.3) is 0 Å². The summed E-state index contributed by atoms with van der Waals surface area (Å²) in [4.78, 5) is 0. The Balaban J connectivity index is 2.70. The average Bonchev–Trinajstić information content (AvgIpc) is 2.73. The Hall–Kier alpha value is -0.940. The summed E-state index contributed by atoms with van der Waals surface area (Å²) in [6.07, 6.45) is 1.56. The van der Waals surface area contributed by atoms with E-state index in [4.69, 9.17) is 9.15 Å². The van der Waals surface area contributed by atoms with Crippen LogP contribution in [0.5, 0.6) is 0 Å². The molecule has 0 aliphatic carbocycles. The topological polar surface area (TPSA) is 60.2 Å². The summed E-state index contributed by atoms with van der Waals surface area (Å²) in [6.45, 7) is 9.04. The van der Waals surface area contributed by atoms with Crippen LogP contribution in [0, 0.1) is 0 Å². The zero-order valence-electron chi connectivity index (χ0n) is 11.4. The third kappa shape index (κ3) is 4.09. The molecule has 5 heteroatoms. The molecule has 0 amide bonds. The fourth-order valence-electron chi connectivity index (χ4n) is 1.57. The number of methoxy groups -OCH3 is 1. The van der Waals surface area contributed by atoms with Crippen molar-refractivity contribution in [3.8, 4) is 0 Å². The standard InChI is InChI=1S/C12H23N3O2/c1-6-9(13-7-2)11-15-14-10(17-11)8-12(3,4)16-5/h9,13H,6-8H2,1-5H3. The third-order valence-corrected chi connectivity index (χ3v) is 2.77. The Morgan fingerprint density at radius 2 is 2.06 bits per heavy atom. The molecular formula is C12H23N3O2. The molecular weight excluding hydrogens is 218 g/mol. The maximum absolute atomic E-state index is 5.66. The quantitative estimate of drug-likeness (QED) is 0.792. The Labute approximate surface area is 103 Å². The van der Waals surface area contributed by atoms with E-state index in [-0.39, 0.29) is 11.6 Å². The first-order chi connectivity index (χ1) is 8.02. The molecule has 0 spiro atoms. The third-order valence-electron chi connectivity index (χ3n) is 2.77. The molecule has 0 aromatic carbocycles. The van der Waals surface area contributed by atoms with Gasteiger partial charge in [-0.25, -0.2) is 0 Å². The van der Waals surface area contributed by atoms with Crippen LogP contribution in [0.4, 0.5) is 0 Å². The highest BCUT2D eigenvalue weighted by Crippen LogP contribution is 2.19. The Bertz CT molecular complexity index is 336. The summed E-state index contributed by atoms with van der Waals surface area (Å²) >= 11 is 0. The van der Waals surface area contributed by atoms with Crippen LogP contribution in [0.2, 0.25) is 0 Å². The van der Waals surface area contributed by atoms with Crippen LogP contribution < -0.4 is 5.32 Å². The summed E-state index contributed by atoms with van der Waals surface area (Å²) < 4.78 is 11.0. The zero-order chi connectivity index (χ0) is 12.9. The highest BCUT2D eigenvalue weighted by atomic mass is 16.5. The lowest BCUT2D eigenvalue weighted by molar-refractivity contribution is 0.0178. The van der Waals surface area contributed by atoms with Crippen LogP contribution in [-0.2, 0) is 11.2 Å². The number of rotatable bonds is 7. The summed E-state index contributed by atoms with van der Waals surface area (Å²) in [5.74, 6) is 1.29. The highest BCUT2D eigenvalue weighted by molar-refractivity contribution is 4.92. The minimum atomic E-state index is -0.274. The zero-order valence-corrected chi connectivity index (χ0v) is 11.4. The lowest BCUT2D eigenvalue weighted by atomic mass is 10.1. The second-order valence-electron chi connectivity index (χ2n) is 4.69. The Morgan fingerprint density at radius 1 is 1.35 bits per heavy atom. The van der Waals surface area contributed by atoms with Crippen LogP contribution in [0.3, 0.4) is 0 Å². The summed E-state index contributed by atoms with van der Waals surface area (Å²) in [7, 11) is 1.69. The van der Waals surface area contributed by atoms with Gasteiger partial charge >= 0.3 is 0 Å². The molecule has 5 nitrogen and oxygen atoms in total. The molecule has 0 bridgehead atoms. The average molecular weight is 241 g/mol. The Morgan fingerprint density at radius 3 is 2.59 bits per heavy atom. The molecule has 0 fully saturated rings. The van der Waals surface area contributed by atoms with Gasteiger partial charge in [0.1, 0.15) is 0 Å². The van der Waals surface area contributed by atoms with Crippen molar-refractivity contribution in [1.82, 2.24) is 15.5 Å². The van der Waals surface area contributed by atoms with Crippen molar-refractivity contribution in [3.05, 3.63) is 11.8 Å². The Kier molecular flexibility index (Phi) is 5.08. The number of nitrogens with one attached hydrogen (secondary N) is 1. The van der Waals surface area contributed by atoms with Crippen molar-refractivity contribution in [2.45, 2.75) is 52.2 Å². The summed E-state index contributed by atoms with van der Waals surface area (Å²) in [5, 5.41) is 11.5. The van der Waals surface area contributed by atoms with Gasteiger partial charge < -0.3 is 14.5 Å². The van der Waals surface area contributed by atoms with Gasteiger partial charge in [-0.3, -0.25) is 0 Å². The molecule has 0 aliphatic rings. The number of hydrogen-bond acceptors (Lipinski definition) is 5. The first kappa shape index (κ1) is 14.1. The van der Waals surface area contributed by atoms with Crippen molar-refractivity contribution in [3.63, 3.8) is 0 Å². The van der Waals surface area contributed by atoms with E-state index in [2.05, 4.69) is 29.4 Å². The van der Waals surface area contributed by atoms with Gasteiger partial charge in [0.15, 0.2) is 0 Å². The molecule has 98 valence electrons. The van der Waals surface area contributed by atoms with Crippen LogP contribution in [0.1, 0.15) is 51.9 Å². The maximum Gasteiger partial charge on any atom is 0.233 e. The van der Waals surface area contributed by atoms with E-state index < -0.39 is 0 Å². The number of aromatic nitrogens is 2. The maximum atomic E-state index is 5.66. The van der Waals surface area contributed by atoms with Crippen LogP contribution in [0.25, 0.3) is 0 Å². The molecule has 1 aromatic rings. The first-order valence-electron chi connectivity index (χ1n) is 6.13. The van der Waals surface area contributed by atoms with Gasteiger partial charge in [-0.2, -0.15) is 0 Å². The molecule has 1 unspecified atom stereocenters. The lowest BCUT2D eigenvalue weighted by Gasteiger charge is -2.20. The van der Waals surface area contributed by atoms with Crippen LogP contribution >= 0.6 is 0 Å². The fourth-order valence-corrected chi connectivity index (χ4v) is 1.57. The monoisotopic (exact) mass is 241 g/mol. The van der Waals surface area contributed by atoms with Gasteiger partial charge in [-0.15, -0.1) is 10.2 Å². The summed E-state index contributed by atoms with van der Waals surface area (Å²) in [6, 6.07) is 0.145. The molecule has 1 heterocycles. The summed E-state index contributed by atoms with van der Waals surface area (Å²) in [5.41, 5.74) is -0.274. The molecule has 0 saturated heterocycles. The van der Waals surface area contributed by atoms with E-state index in [0.717, 1.165) is 13.0 Å². The van der Waals surface area contributed by atoms with Gasteiger partial charge in [0.2, 0.25) is 11.8 Å². The van der Waals surface area contributed by atoms with E-state index in [1.807, 2.05) is 13.8 Å². The fraction of sp³-hybridized carbons (Fsp3) is 0.833. The van der Waals surface area contributed by atoms with Crippen LogP contribution in [0.15, 0.2) is 4.42 Å². The smallest absolute Gasteiger partial charge is 0.233 e. The van der Waals surface area contributed by atoms with Crippen molar-refractivity contribution >= 4 is 0 Å². The molecule has 1 aromatic heterocycles. The molecule has 0 saturated carbocycles. The normalized spacial score (nSPS) is 13.9. The first-order valence-corrected chi connectivity index (χ1v) is 6.13. The number of nitrogens with zero attached hydrogens (tertiary/aromatic N) is 2. The van der Waals surface area contributed by atoms with E-state index in [9.17, 15) is 0 Å². The predicted molar refractivity (Wildman–Crippen MR) is 65.8 cm³/mol. The molecule has 17 heavy (non-hydrogen) atoms. The van der Waals surface area contributed by atoms with Crippen molar-refractivity contribution < 1.29 is 9.15 Å². The minimum absolute atomic E-state index is 0.145. The van der Waals surface area contributed by atoms with Gasteiger partial charge in [0, 0.05) is 7.11 Å². The largest absolute Gasteiger partial charge is 0.423 e.